The van der Waals surface area contributed by atoms with Crippen molar-refractivity contribution in [2.45, 2.75) is 4.90 Å². The third-order valence-electron chi connectivity index (χ3n) is 2.60. The Kier molecular flexibility index (Phi) is 4.66. The average molecular weight is 373 g/mol. The maximum absolute atomic E-state index is 12.5. The molecule has 0 saturated carbocycles. The number of nitrogen functional groups attached to an aromatic ring is 1. The summed E-state index contributed by atoms with van der Waals surface area (Å²) in [4.78, 5) is 3.84. The van der Waals surface area contributed by atoms with E-state index in [1.54, 1.807) is 24.3 Å². The molecule has 0 amide bonds. The molecule has 0 aliphatic rings. The van der Waals surface area contributed by atoms with Crippen molar-refractivity contribution < 1.29 is 13.2 Å². The van der Waals surface area contributed by atoms with Gasteiger partial charge in [0.25, 0.3) is 10.0 Å². The van der Waals surface area contributed by atoms with Gasteiger partial charge in [0.2, 0.25) is 0 Å². The van der Waals surface area contributed by atoms with Crippen molar-refractivity contribution in [3.63, 3.8) is 0 Å². The normalized spacial score (nSPS) is 11.0. The van der Waals surface area contributed by atoms with Crippen LogP contribution in [0.1, 0.15) is 0 Å². The molecule has 2 aromatic rings. The van der Waals surface area contributed by atoms with Gasteiger partial charge in [-0.1, -0.05) is 12.1 Å². The minimum absolute atomic E-state index is 0.0422. The molecule has 1 heterocycles. The number of sulfonamides is 1. The van der Waals surface area contributed by atoms with E-state index in [-0.39, 0.29) is 10.7 Å². The van der Waals surface area contributed by atoms with Crippen molar-refractivity contribution >= 4 is 37.5 Å². The first-order valence-electron chi connectivity index (χ1n) is 5.76. The minimum Gasteiger partial charge on any atom is -0.495 e. The van der Waals surface area contributed by atoms with Crippen molar-refractivity contribution in [2.75, 3.05) is 17.3 Å². The molecule has 9 heteroatoms. The van der Waals surface area contributed by atoms with Crippen LogP contribution >= 0.6 is 15.9 Å². The number of anilines is 2. The lowest BCUT2D eigenvalue weighted by molar-refractivity contribution is 0.417. The second-order valence-corrected chi connectivity index (χ2v) is 6.52. The first kappa shape index (κ1) is 15.5. The van der Waals surface area contributed by atoms with Crippen molar-refractivity contribution in [1.82, 2.24) is 4.98 Å². The lowest BCUT2D eigenvalue weighted by Crippen LogP contribution is -2.19. The molecule has 0 fully saturated rings. The molecule has 0 bridgehead atoms. The number of hydrogen-bond acceptors (Lipinski definition) is 6. The lowest BCUT2D eigenvalue weighted by Gasteiger charge is -2.13. The summed E-state index contributed by atoms with van der Waals surface area (Å²) in [7, 11) is -2.42. The standard InChI is InChI=1S/C12H13BrN4O3S/c1-20-10-5-3-2-4-9(10)17-21(18,19)11-6-8(13)7-15-12(11)16-14/h2-7,17H,14H2,1H3,(H,15,16). The van der Waals surface area contributed by atoms with Crippen molar-refractivity contribution in [3.8, 4) is 5.75 Å². The molecule has 7 nitrogen and oxygen atoms in total. The molecular weight excluding hydrogens is 360 g/mol. The summed E-state index contributed by atoms with van der Waals surface area (Å²) in [6, 6.07) is 8.09. The molecule has 1 aromatic heterocycles. The predicted octanol–water partition coefficient (Wildman–Crippen LogP) is 1.94. The van der Waals surface area contributed by atoms with Crippen molar-refractivity contribution in [1.29, 1.82) is 0 Å². The van der Waals surface area contributed by atoms with Gasteiger partial charge in [-0.25, -0.2) is 19.2 Å². The van der Waals surface area contributed by atoms with Crippen LogP contribution in [0.4, 0.5) is 11.5 Å². The summed E-state index contributed by atoms with van der Waals surface area (Å²) >= 11 is 3.18. The monoisotopic (exact) mass is 372 g/mol. The molecule has 0 unspecified atom stereocenters. The zero-order chi connectivity index (χ0) is 15.5. The summed E-state index contributed by atoms with van der Waals surface area (Å²) < 4.78 is 33.0. The zero-order valence-electron chi connectivity index (χ0n) is 11.0. The predicted molar refractivity (Wildman–Crippen MR) is 83.5 cm³/mol. The molecule has 21 heavy (non-hydrogen) atoms. The van der Waals surface area contributed by atoms with E-state index in [0.717, 1.165) is 0 Å². The van der Waals surface area contributed by atoms with Gasteiger partial charge in [-0.3, -0.25) is 4.72 Å². The summed E-state index contributed by atoms with van der Waals surface area (Å²) in [6.07, 6.45) is 1.44. The number of para-hydroxylation sites is 2. The molecule has 0 spiro atoms. The van der Waals surface area contributed by atoms with Crippen LogP contribution < -0.4 is 20.7 Å². The quantitative estimate of drug-likeness (QED) is 0.546. The fraction of sp³-hybridized carbons (Fsp3) is 0.0833. The average Bonchev–Trinajstić information content (AvgIpc) is 2.47. The van der Waals surface area contributed by atoms with E-state index in [2.05, 4.69) is 31.1 Å². The maximum Gasteiger partial charge on any atom is 0.265 e. The summed E-state index contributed by atoms with van der Waals surface area (Å²) in [5.41, 5.74) is 2.58. The molecule has 0 saturated heterocycles. The Hall–Kier alpha value is -1.84. The zero-order valence-corrected chi connectivity index (χ0v) is 13.4. The highest BCUT2D eigenvalue weighted by Gasteiger charge is 2.21. The Labute approximate surface area is 130 Å². The van der Waals surface area contributed by atoms with E-state index < -0.39 is 10.0 Å². The topological polar surface area (TPSA) is 106 Å². The number of methoxy groups -OCH3 is 1. The highest BCUT2D eigenvalue weighted by atomic mass is 79.9. The second kappa shape index (κ2) is 6.29. The highest BCUT2D eigenvalue weighted by molar-refractivity contribution is 9.10. The summed E-state index contributed by atoms with van der Waals surface area (Å²) in [5.74, 6) is 5.75. The van der Waals surface area contributed by atoms with Gasteiger partial charge in [0.1, 0.15) is 10.6 Å². The molecular formula is C12H13BrN4O3S. The van der Waals surface area contributed by atoms with Crippen LogP contribution in [0, 0.1) is 0 Å². The van der Waals surface area contributed by atoms with Gasteiger partial charge in [0, 0.05) is 10.7 Å². The highest BCUT2D eigenvalue weighted by Crippen LogP contribution is 2.29. The fourth-order valence-electron chi connectivity index (χ4n) is 1.66. The number of benzene rings is 1. The van der Waals surface area contributed by atoms with Crippen LogP contribution in [-0.2, 0) is 10.0 Å². The third kappa shape index (κ3) is 3.43. The number of pyridine rings is 1. The molecule has 1 aromatic carbocycles. The van der Waals surface area contributed by atoms with E-state index >= 15 is 0 Å². The third-order valence-corrected chi connectivity index (χ3v) is 4.41. The number of rotatable bonds is 5. The van der Waals surface area contributed by atoms with E-state index in [4.69, 9.17) is 10.6 Å². The molecule has 0 aliphatic carbocycles. The molecule has 0 aliphatic heterocycles. The Bertz CT molecular complexity index is 752. The fourth-order valence-corrected chi connectivity index (χ4v) is 3.36. The lowest BCUT2D eigenvalue weighted by atomic mass is 10.3. The number of hydrogen-bond donors (Lipinski definition) is 3. The van der Waals surface area contributed by atoms with Gasteiger partial charge in [0.15, 0.2) is 5.82 Å². The van der Waals surface area contributed by atoms with Crippen LogP contribution in [0.25, 0.3) is 0 Å². The van der Waals surface area contributed by atoms with Gasteiger partial charge in [-0.15, -0.1) is 0 Å². The van der Waals surface area contributed by atoms with Crippen molar-refractivity contribution in [3.05, 3.63) is 41.0 Å². The molecule has 2 rings (SSSR count). The van der Waals surface area contributed by atoms with Crippen LogP contribution in [0.15, 0.2) is 45.9 Å². The number of aromatic nitrogens is 1. The minimum atomic E-state index is -3.88. The molecule has 0 radical (unpaired) electrons. The van der Waals surface area contributed by atoms with E-state index in [1.807, 2.05) is 0 Å². The second-order valence-electron chi connectivity index (χ2n) is 3.95. The Morgan fingerprint density at radius 2 is 2.05 bits per heavy atom. The van der Waals surface area contributed by atoms with E-state index in [0.29, 0.717) is 15.9 Å². The van der Waals surface area contributed by atoms with E-state index in [9.17, 15) is 8.42 Å². The number of nitrogens with zero attached hydrogens (tertiary/aromatic N) is 1. The van der Waals surface area contributed by atoms with Gasteiger partial charge in [-0.2, -0.15) is 0 Å². The van der Waals surface area contributed by atoms with Gasteiger partial charge in [-0.05, 0) is 34.1 Å². The van der Waals surface area contributed by atoms with Gasteiger partial charge < -0.3 is 10.2 Å². The van der Waals surface area contributed by atoms with Crippen molar-refractivity contribution in [2.24, 2.45) is 5.84 Å². The number of nitrogens with one attached hydrogen (secondary N) is 2. The van der Waals surface area contributed by atoms with Crippen LogP contribution in [0.3, 0.4) is 0 Å². The number of halogens is 1. The largest absolute Gasteiger partial charge is 0.495 e. The SMILES string of the molecule is COc1ccccc1NS(=O)(=O)c1cc(Br)cnc1NN. The number of nitrogens with two attached hydrogens (primary N) is 1. The Morgan fingerprint density at radius 3 is 2.71 bits per heavy atom. The first-order valence-corrected chi connectivity index (χ1v) is 8.03. The molecule has 112 valence electrons. The molecule has 4 N–H and O–H groups in total. The first-order chi connectivity index (χ1) is 9.97. The Balaban J connectivity index is 2.46. The Morgan fingerprint density at radius 1 is 1.33 bits per heavy atom. The van der Waals surface area contributed by atoms with Crippen LogP contribution in [0.2, 0.25) is 0 Å². The van der Waals surface area contributed by atoms with E-state index in [1.165, 1.54) is 19.4 Å². The van der Waals surface area contributed by atoms with Gasteiger partial charge in [0.05, 0.1) is 12.8 Å². The van der Waals surface area contributed by atoms with Gasteiger partial charge >= 0.3 is 0 Å². The summed E-state index contributed by atoms with van der Waals surface area (Å²) in [6.45, 7) is 0. The van der Waals surface area contributed by atoms with Crippen LogP contribution in [-0.4, -0.2) is 20.5 Å². The molecule has 0 atom stereocenters. The summed E-state index contributed by atoms with van der Waals surface area (Å²) in [5, 5.41) is 0. The number of hydrazine groups is 1. The van der Waals surface area contributed by atoms with Crippen LogP contribution in [0.5, 0.6) is 5.75 Å². The maximum atomic E-state index is 12.5. The number of ether oxygens (including phenoxy) is 1. The smallest absolute Gasteiger partial charge is 0.265 e.